The van der Waals surface area contributed by atoms with E-state index in [1.165, 1.54) is 36.8 Å². The number of nitrogens with one attached hydrogen (secondary N) is 1. The van der Waals surface area contributed by atoms with Gasteiger partial charge in [0.05, 0.1) is 5.92 Å². The van der Waals surface area contributed by atoms with Crippen LogP contribution in [-0.4, -0.2) is 36.4 Å². The maximum absolute atomic E-state index is 12.9. The first-order chi connectivity index (χ1) is 15.2. The van der Waals surface area contributed by atoms with Gasteiger partial charge >= 0.3 is 0 Å². The monoisotopic (exact) mass is 418 g/mol. The molecule has 1 aromatic heterocycles. The topological polar surface area (TPSA) is 65.5 Å². The Balaban J connectivity index is 1.22. The molecule has 1 N–H and O–H groups in total. The van der Waals surface area contributed by atoms with Crippen molar-refractivity contribution in [3.63, 3.8) is 0 Å². The molecule has 3 heterocycles. The minimum atomic E-state index is -0.309. The molecule has 162 valence electrons. The Morgan fingerprint density at radius 1 is 1.06 bits per heavy atom. The first-order valence-corrected chi connectivity index (χ1v) is 11.6. The average molecular weight is 419 g/mol. The Labute approximate surface area is 183 Å². The van der Waals surface area contributed by atoms with Gasteiger partial charge in [-0.15, -0.1) is 0 Å². The highest BCUT2D eigenvalue weighted by molar-refractivity contribution is 6.00. The summed E-state index contributed by atoms with van der Waals surface area (Å²) in [5.74, 6) is 0.652. The van der Waals surface area contributed by atoms with Gasteiger partial charge in [-0.25, -0.2) is 4.98 Å². The summed E-state index contributed by atoms with van der Waals surface area (Å²) in [6, 6.07) is 10.3. The molecule has 6 heteroatoms. The number of carbonyl (C=O) groups excluding carboxylic acids is 2. The number of nitrogens with zero attached hydrogens (tertiary/aromatic N) is 3. The Morgan fingerprint density at radius 3 is 2.77 bits per heavy atom. The fraction of sp³-hybridized carbons (Fsp3) is 0.480. The maximum atomic E-state index is 12.9. The lowest BCUT2D eigenvalue weighted by Crippen LogP contribution is -2.34. The number of hydrogen-bond donors (Lipinski definition) is 1. The number of pyridine rings is 1. The molecule has 5 rings (SSSR count). The van der Waals surface area contributed by atoms with E-state index in [4.69, 9.17) is 0 Å². The van der Waals surface area contributed by atoms with E-state index in [-0.39, 0.29) is 24.2 Å². The van der Waals surface area contributed by atoms with Crippen molar-refractivity contribution in [2.75, 3.05) is 29.4 Å². The van der Waals surface area contributed by atoms with Gasteiger partial charge in [-0.2, -0.15) is 0 Å². The smallest absolute Gasteiger partial charge is 0.227 e. The van der Waals surface area contributed by atoms with Gasteiger partial charge in [-0.3, -0.25) is 9.59 Å². The van der Waals surface area contributed by atoms with Crippen molar-refractivity contribution in [1.82, 2.24) is 10.3 Å². The highest BCUT2D eigenvalue weighted by Crippen LogP contribution is 2.31. The van der Waals surface area contributed by atoms with Crippen LogP contribution in [0.3, 0.4) is 0 Å². The number of piperidine rings is 1. The van der Waals surface area contributed by atoms with Crippen LogP contribution in [0.2, 0.25) is 0 Å². The molecule has 2 saturated heterocycles. The summed E-state index contributed by atoms with van der Waals surface area (Å²) >= 11 is 0. The Hall–Kier alpha value is -2.89. The second kappa shape index (κ2) is 8.69. The van der Waals surface area contributed by atoms with Crippen LogP contribution in [-0.2, 0) is 29.0 Å². The lowest BCUT2D eigenvalue weighted by Gasteiger charge is -2.29. The van der Waals surface area contributed by atoms with Crippen molar-refractivity contribution in [2.45, 2.75) is 51.5 Å². The molecule has 0 radical (unpaired) electrons. The molecule has 31 heavy (non-hydrogen) atoms. The molecule has 0 spiro atoms. The quantitative estimate of drug-likeness (QED) is 0.810. The molecule has 2 aromatic rings. The highest BCUT2D eigenvalue weighted by Gasteiger charge is 2.35. The van der Waals surface area contributed by atoms with Crippen LogP contribution in [0.5, 0.6) is 0 Å². The van der Waals surface area contributed by atoms with Crippen LogP contribution in [0, 0.1) is 5.92 Å². The zero-order valence-electron chi connectivity index (χ0n) is 18.0. The van der Waals surface area contributed by atoms with Gasteiger partial charge in [0.15, 0.2) is 0 Å². The fourth-order valence-corrected chi connectivity index (χ4v) is 5.14. The zero-order valence-corrected chi connectivity index (χ0v) is 18.0. The Morgan fingerprint density at radius 2 is 1.90 bits per heavy atom. The Kier molecular flexibility index (Phi) is 5.62. The number of carbonyl (C=O) groups is 2. The summed E-state index contributed by atoms with van der Waals surface area (Å²) in [7, 11) is 0. The van der Waals surface area contributed by atoms with Crippen LogP contribution in [0.25, 0.3) is 0 Å². The number of anilines is 2. The van der Waals surface area contributed by atoms with Crippen molar-refractivity contribution in [3.8, 4) is 0 Å². The van der Waals surface area contributed by atoms with Crippen LogP contribution in [0.4, 0.5) is 11.5 Å². The first kappa shape index (κ1) is 20.0. The van der Waals surface area contributed by atoms with Crippen molar-refractivity contribution < 1.29 is 9.59 Å². The van der Waals surface area contributed by atoms with E-state index < -0.39 is 0 Å². The second-order valence-electron chi connectivity index (χ2n) is 8.96. The zero-order chi connectivity index (χ0) is 21.2. The van der Waals surface area contributed by atoms with Gasteiger partial charge in [-0.05, 0) is 67.9 Å². The molecule has 1 aliphatic carbocycles. The van der Waals surface area contributed by atoms with E-state index in [9.17, 15) is 9.59 Å². The van der Waals surface area contributed by atoms with E-state index in [1.807, 2.05) is 24.4 Å². The molecule has 1 unspecified atom stereocenters. The number of fused-ring (bicyclic) bond motifs is 1. The first-order valence-electron chi connectivity index (χ1n) is 11.6. The number of aromatic nitrogens is 1. The third-order valence-corrected chi connectivity index (χ3v) is 6.87. The fourth-order valence-electron chi connectivity index (χ4n) is 5.14. The average Bonchev–Trinajstić information content (AvgIpc) is 3.44. The van der Waals surface area contributed by atoms with E-state index in [1.54, 1.807) is 4.90 Å². The van der Waals surface area contributed by atoms with E-state index in [0.717, 1.165) is 43.0 Å². The number of rotatable bonds is 5. The standard InChI is InChI=1S/C25H30N4O2/c30-23-15-21(17-29(23)22-10-9-18-6-4-7-19(18)14-22)25(31)27-16-20-8-5-11-26-24(20)28-12-2-1-3-13-28/h5,8-11,14,21H,1-4,6-7,12-13,15-17H2,(H,27,31). The third kappa shape index (κ3) is 4.16. The lowest BCUT2D eigenvalue weighted by atomic mass is 10.1. The van der Waals surface area contributed by atoms with Crippen molar-refractivity contribution in [3.05, 3.63) is 53.2 Å². The number of aryl methyl sites for hydroxylation is 2. The van der Waals surface area contributed by atoms with Crippen molar-refractivity contribution >= 4 is 23.3 Å². The van der Waals surface area contributed by atoms with Gasteiger partial charge in [0, 0.05) is 50.0 Å². The number of amides is 2. The number of benzene rings is 1. The largest absolute Gasteiger partial charge is 0.356 e. The van der Waals surface area contributed by atoms with E-state index in [0.29, 0.717) is 13.1 Å². The normalized spacial score (nSPS) is 20.8. The molecule has 2 amide bonds. The molecular weight excluding hydrogens is 388 g/mol. The number of hydrogen-bond acceptors (Lipinski definition) is 4. The van der Waals surface area contributed by atoms with Crippen molar-refractivity contribution in [1.29, 1.82) is 0 Å². The third-order valence-electron chi connectivity index (χ3n) is 6.87. The van der Waals surface area contributed by atoms with Crippen LogP contribution in [0.1, 0.15) is 48.8 Å². The molecular formula is C25H30N4O2. The van der Waals surface area contributed by atoms with Gasteiger partial charge in [0.1, 0.15) is 5.82 Å². The Bertz CT molecular complexity index is 983. The summed E-state index contributed by atoms with van der Waals surface area (Å²) in [6.07, 6.45) is 9.13. The van der Waals surface area contributed by atoms with Crippen LogP contribution in [0.15, 0.2) is 36.5 Å². The maximum Gasteiger partial charge on any atom is 0.227 e. The SMILES string of the molecule is O=C(NCc1cccnc1N1CCCCC1)C1CC(=O)N(c2ccc3c(c2)CCC3)C1. The molecule has 2 fully saturated rings. The van der Waals surface area contributed by atoms with Crippen LogP contribution >= 0.6 is 0 Å². The predicted octanol–water partition coefficient (Wildman–Crippen LogP) is 3.23. The summed E-state index contributed by atoms with van der Waals surface area (Å²) in [6.45, 7) is 2.94. The van der Waals surface area contributed by atoms with E-state index >= 15 is 0 Å². The minimum absolute atomic E-state index is 0.0356. The van der Waals surface area contributed by atoms with Gasteiger partial charge in [0.2, 0.25) is 11.8 Å². The van der Waals surface area contributed by atoms with Gasteiger partial charge in [-0.1, -0.05) is 12.1 Å². The summed E-state index contributed by atoms with van der Waals surface area (Å²) in [4.78, 5) is 34.2. The summed E-state index contributed by atoms with van der Waals surface area (Å²) < 4.78 is 0. The van der Waals surface area contributed by atoms with E-state index in [2.05, 4.69) is 27.3 Å². The molecule has 0 saturated carbocycles. The van der Waals surface area contributed by atoms with Crippen LogP contribution < -0.4 is 15.1 Å². The predicted molar refractivity (Wildman–Crippen MR) is 121 cm³/mol. The molecule has 6 nitrogen and oxygen atoms in total. The molecule has 3 aliphatic rings. The minimum Gasteiger partial charge on any atom is -0.356 e. The molecule has 0 bridgehead atoms. The summed E-state index contributed by atoms with van der Waals surface area (Å²) in [5, 5.41) is 3.07. The lowest BCUT2D eigenvalue weighted by molar-refractivity contribution is -0.126. The van der Waals surface area contributed by atoms with Crippen molar-refractivity contribution in [2.24, 2.45) is 5.92 Å². The summed E-state index contributed by atoms with van der Waals surface area (Å²) in [5.41, 5.74) is 4.71. The van der Waals surface area contributed by atoms with Gasteiger partial charge < -0.3 is 15.1 Å². The molecule has 1 atom stereocenters. The van der Waals surface area contributed by atoms with Gasteiger partial charge in [0.25, 0.3) is 0 Å². The second-order valence-corrected chi connectivity index (χ2v) is 8.96. The molecule has 1 aromatic carbocycles. The highest BCUT2D eigenvalue weighted by atomic mass is 16.2. The molecule has 2 aliphatic heterocycles.